The first-order valence-electron chi connectivity index (χ1n) is 7.28. The van der Waals surface area contributed by atoms with Gasteiger partial charge in [0, 0.05) is 13.1 Å². The van der Waals surface area contributed by atoms with Crippen molar-refractivity contribution in [3.63, 3.8) is 0 Å². The summed E-state index contributed by atoms with van der Waals surface area (Å²) in [7, 11) is 0. The standard InChI is InChI=1S/C16H17N3O3/c20-15(18-10-4-5-12(11-18)16(21)22)14-8-9-17-19(14)13-6-2-1-3-7-13/h1-3,6-9,12H,4-5,10-11H2,(H,21,22). The van der Waals surface area contributed by atoms with Gasteiger partial charge in [-0.3, -0.25) is 9.59 Å². The molecule has 1 unspecified atom stereocenters. The van der Waals surface area contributed by atoms with Gasteiger partial charge in [0.1, 0.15) is 5.69 Å². The lowest BCUT2D eigenvalue weighted by atomic mass is 9.98. The molecule has 1 N–H and O–H groups in total. The number of para-hydroxylation sites is 1. The molecule has 0 radical (unpaired) electrons. The second kappa shape index (κ2) is 6.01. The molecule has 6 heteroatoms. The van der Waals surface area contributed by atoms with Crippen molar-refractivity contribution in [3.05, 3.63) is 48.3 Å². The third kappa shape index (κ3) is 2.72. The van der Waals surface area contributed by atoms with Crippen molar-refractivity contribution in [1.29, 1.82) is 0 Å². The highest BCUT2D eigenvalue weighted by molar-refractivity contribution is 5.93. The summed E-state index contributed by atoms with van der Waals surface area (Å²) in [6.07, 6.45) is 2.91. The highest BCUT2D eigenvalue weighted by atomic mass is 16.4. The minimum absolute atomic E-state index is 0.174. The van der Waals surface area contributed by atoms with Gasteiger partial charge < -0.3 is 10.0 Å². The zero-order valence-corrected chi connectivity index (χ0v) is 12.1. The predicted octanol–water partition coefficient (Wildman–Crippen LogP) is 1.81. The Balaban J connectivity index is 1.84. The van der Waals surface area contributed by atoms with E-state index in [0.29, 0.717) is 25.1 Å². The third-order valence-electron chi connectivity index (χ3n) is 3.92. The Hall–Kier alpha value is -2.63. The second-order valence-corrected chi connectivity index (χ2v) is 5.39. The number of hydrogen-bond donors (Lipinski definition) is 1. The van der Waals surface area contributed by atoms with Crippen LogP contribution in [0.5, 0.6) is 0 Å². The average Bonchev–Trinajstić information content (AvgIpc) is 3.04. The van der Waals surface area contributed by atoms with E-state index in [1.54, 1.807) is 21.8 Å². The van der Waals surface area contributed by atoms with Gasteiger partial charge in [0.25, 0.3) is 5.91 Å². The Bertz CT molecular complexity index is 681. The Morgan fingerprint density at radius 1 is 1.18 bits per heavy atom. The number of carbonyl (C=O) groups excluding carboxylic acids is 1. The first-order valence-corrected chi connectivity index (χ1v) is 7.28. The summed E-state index contributed by atoms with van der Waals surface area (Å²) in [5.41, 5.74) is 1.26. The van der Waals surface area contributed by atoms with Crippen LogP contribution in [0.4, 0.5) is 0 Å². The summed E-state index contributed by atoms with van der Waals surface area (Å²) in [4.78, 5) is 25.4. The monoisotopic (exact) mass is 299 g/mol. The minimum Gasteiger partial charge on any atom is -0.481 e. The summed E-state index contributed by atoms with van der Waals surface area (Å²) < 4.78 is 1.59. The van der Waals surface area contributed by atoms with Crippen LogP contribution in [0.2, 0.25) is 0 Å². The molecule has 1 aliphatic rings. The number of carboxylic acid groups (broad SMARTS) is 1. The van der Waals surface area contributed by atoms with E-state index in [1.807, 2.05) is 30.3 Å². The van der Waals surface area contributed by atoms with E-state index < -0.39 is 11.9 Å². The predicted molar refractivity (Wildman–Crippen MR) is 79.8 cm³/mol. The smallest absolute Gasteiger partial charge is 0.308 e. The number of nitrogens with zero attached hydrogens (tertiary/aromatic N) is 3. The second-order valence-electron chi connectivity index (χ2n) is 5.39. The maximum absolute atomic E-state index is 12.7. The number of amides is 1. The lowest BCUT2D eigenvalue weighted by molar-refractivity contribution is -0.143. The molecule has 0 saturated carbocycles. The van der Waals surface area contributed by atoms with Gasteiger partial charge in [-0.25, -0.2) is 4.68 Å². The number of carbonyl (C=O) groups is 2. The highest BCUT2D eigenvalue weighted by Gasteiger charge is 2.30. The first kappa shape index (κ1) is 14.3. The molecule has 1 saturated heterocycles. The molecular formula is C16H17N3O3. The van der Waals surface area contributed by atoms with Crippen LogP contribution in [-0.4, -0.2) is 44.8 Å². The van der Waals surface area contributed by atoms with Crippen molar-refractivity contribution in [1.82, 2.24) is 14.7 Å². The molecule has 1 fully saturated rings. The Kier molecular flexibility index (Phi) is 3.91. The van der Waals surface area contributed by atoms with Crippen molar-refractivity contribution >= 4 is 11.9 Å². The summed E-state index contributed by atoms with van der Waals surface area (Å²) in [6, 6.07) is 11.1. The Morgan fingerprint density at radius 3 is 2.68 bits per heavy atom. The summed E-state index contributed by atoms with van der Waals surface area (Å²) in [5.74, 6) is -1.49. The SMILES string of the molecule is O=C(O)C1CCCN(C(=O)c2ccnn2-c2ccccc2)C1. The van der Waals surface area contributed by atoms with Gasteiger partial charge in [0.15, 0.2) is 0 Å². The molecule has 1 aromatic carbocycles. The van der Waals surface area contributed by atoms with E-state index in [4.69, 9.17) is 5.11 Å². The number of hydrogen-bond acceptors (Lipinski definition) is 3. The van der Waals surface area contributed by atoms with Gasteiger partial charge >= 0.3 is 5.97 Å². The van der Waals surface area contributed by atoms with E-state index in [1.165, 1.54) is 0 Å². The van der Waals surface area contributed by atoms with Crippen LogP contribution in [0.15, 0.2) is 42.6 Å². The van der Waals surface area contributed by atoms with Crippen LogP contribution in [0.25, 0.3) is 5.69 Å². The molecule has 1 amide bonds. The van der Waals surface area contributed by atoms with Crippen molar-refractivity contribution in [3.8, 4) is 5.69 Å². The van der Waals surface area contributed by atoms with Crippen LogP contribution in [0, 0.1) is 5.92 Å². The van der Waals surface area contributed by atoms with E-state index in [-0.39, 0.29) is 12.5 Å². The van der Waals surface area contributed by atoms with Crippen molar-refractivity contribution in [2.45, 2.75) is 12.8 Å². The third-order valence-corrected chi connectivity index (χ3v) is 3.92. The molecule has 22 heavy (non-hydrogen) atoms. The van der Waals surface area contributed by atoms with E-state index in [0.717, 1.165) is 5.69 Å². The summed E-state index contributed by atoms with van der Waals surface area (Å²) in [5, 5.41) is 13.4. The molecule has 2 aromatic rings. The van der Waals surface area contributed by atoms with Gasteiger partial charge in [0.05, 0.1) is 17.8 Å². The van der Waals surface area contributed by atoms with Crippen molar-refractivity contribution in [2.75, 3.05) is 13.1 Å². The van der Waals surface area contributed by atoms with Gasteiger partial charge in [0.2, 0.25) is 0 Å². The number of carboxylic acids is 1. The van der Waals surface area contributed by atoms with Crippen molar-refractivity contribution < 1.29 is 14.7 Å². The number of benzene rings is 1. The number of aliphatic carboxylic acids is 1. The maximum Gasteiger partial charge on any atom is 0.308 e. The minimum atomic E-state index is -0.839. The zero-order valence-electron chi connectivity index (χ0n) is 12.1. The number of piperidine rings is 1. The van der Waals surface area contributed by atoms with E-state index in [9.17, 15) is 9.59 Å². The molecule has 114 valence electrons. The topological polar surface area (TPSA) is 75.4 Å². The Labute approximate surface area is 128 Å². The highest BCUT2D eigenvalue weighted by Crippen LogP contribution is 2.20. The van der Waals surface area contributed by atoms with E-state index in [2.05, 4.69) is 5.10 Å². The van der Waals surface area contributed by atoms with Crippen LogP contribution in [0.1, 0.15) is 23.3 Å². The van der Waals surface area contributed by atoms with Gasteiger partial charge in [-0.1, -0.05) is 18.2 Å². The van der Waals surface area contributed by atoms with Crippen LogP contribution >= 0.6 is 0 Å². The summed E-state index contributed by atoms with van der Waals surface area (Å²) in [6.45, 7) is 0.844. The van der Waals surface area contributed by atoms with Gasteiger partial charge in [-0.2, -0.15) is 5.10 Å². The number of likely N-dealkylation sites (tertiary alicyclic amines) is 1. The maximum atomic E-state index is 12.7. The van der Waals surface area contributed by atoms with Crippen molar-refractivity contribution in [2.24, 2.45) is 5.92 Å². The molecule has 1 aliphatic heterocycles. The molecule has 1 atom stereocenters. The fourth-order valence-electron chi connectivity index (χ4n) is 2.77. The molecular weight excluding hydrogens is 282 g/mol. The molecule has 2 heterocycles. The van der Waals surface area contributed by atoms with Crippen LogP contribution < -0.4 is 0 Å². The quantitative estimate of drug-likeness (QED) is 0.938. The lowest BCUT2D eigenvalue weighted by Gasteiger charge is -2.30. The van der Waals surface area contributed by atoms with Gasteiger partial charge in [-0.15, -0.1) is 0 Å². The van der Waals surface area contributed by atoms with E-state index >= 15 is 0 Å². The molecule has 1 aromatic heterocycles. The van der Waals surface area contributed by atoms with Crippen LogP contribution in [0.3, 0.4) is 0 Å². The molecule has 0 aliphatic carbocycles. The Morgan fingerprint density at radius 2 is 1.95 bits per heavy atom. The largest absolute Gasteiger partial charge is 0.481 e. The first-order chi connectivity index (χ1) is 10.7. The lowest BCUT2D eigenvalue weighted by Crippen LogP contribution is -2.42. The molecule has 6 nitrogen and oxygen atoms in total. The fourth-order valence-corrected chi connectivity index (χ4v) is 2.77. The molecule has 0 spiro atoms. The average molecular weight is 299 g/mol. The fraction of sp³-hybridized carbons (Fsp3) is 0.312. The number of rotatable bonds is 3. The summed E-state index contributed by atoms with van der Waals surface area (Å²) >= 11 is 0. The normalized spacial score (nSPS) is 18.2. The molecule has 0 bridgehead atoms. The van der Waals surface area contributed by atoms with Crippen LogP contribution in [-0.2, 0) is 4.79 Å². The number of aromatic nitrogens is 2. The molecule has 3 rings (SSSR count). The zero-order chi connectivity index (χ0) is 15.5. The van der Waals surface area contributed by atoms with Gasteiger partial charge in [-0.05, 0) is 31.0 Å².